The molecule has 0 spiro atoms. The molecule has 1 aromatic carbocycles. The van der Waals surface area contributed by atoms with E-state index in [1.165, 1.54) is 0 Å². The normalized spacial score (nSPS) is 11.4. The molecular weight excluding hydrogens is 310 g/mol. The van der Waals surface area contributed by atoms with E-state index in [0.717, 1.165) is 10.2 Å². The van der Waals surface area contributed by atoms with Crippen molar-refractivity contribution in [2.24, 2.45) is 10.9 Å². The first-order chi connectivity index (χ1) is 9.10. The van der Waals surface area contributed by atoms with Crippen molar-refractivity contribution in [2.45, 2.75) is 6.92 Å². The number of rotatable bonds is 3. The van der Waals surface area contributed by atoms with Crippen molar-refractivity contribution >= 4 is 21.8 Å². The molecule has 0 aliphatic rings. The van der Waals surface area contributed by atoms with Crippen LogP contribution >= 0.6 is 15.9 Å². The fraction of sp³-hybridized carbons (Fsp3) is 0.0769. The molecule has 98 valence electrons. The molecule has 0 radical (unpaired) electrons. The maximum atomic E-state index is 8.76. The number of benzene rings is 1. The zero-order valence-electron chi connectivity index (χ0n) is 10.2. The number of pyridine rings is 1. The highest BCUT2D eigenvalue weighted by molar-refractivity contribution is 9.10. The van der Waals surface area contributed by atoms with E-state index in [1.807, 2.05) is 19.1 Å². The largest absolute Gasteiger partial charge is 0.438 e. The number of amidine groups is 1. The van der Waals surface area contributed by atoms with Crippen molar-refractivity contribution < 1.29 is 9.94 Å². The molecule has 0 aliphatic carbocycles. The van der Waals surface area contributed by atoms with Crippen LogP contribution in [0.4, 0.5) is 0 Å². The first-order valence-electron chi connectivity index (χ1n) is 5.49. The molecule has 0 unspecified atom stereocenters. The van der Waals surface area contributed by atoms with E-state index in [2.05, 4.69) is 26.1 Å². The molecule has 2 rings (SSSR count). The van der Waals surface area contributed by atoms with E-state index >= 15 is 0 Å². The van der Waals surface area contributed by atoms with Gasteiger partial charge >= 0.3 is 0 Å². The van der Waals surface area contributed by atoms with Crippen LogP contribution in [0.25, 0.3) is 0 Å². The van der Waals surface area contributed by atoms with Crippen molar-refractivity contribution in [3.05, 3.63) is 52.1 Å². The van der Waals surface area contributed by atoms with Gasteiger partial charge in [-0.1, -0.05) is 27.2 Å². The van der Waals surface area contributed by atoms with Crippen LogP contribution in [0, 0.1) is 6.92 Å². The molecule has 0 atom stereocenters. The summed E-state index contributed by atoms with van der Waals surface area (Å²) in [6.45, 7) is 1.84. The minimum atomic E-state index is -0.0440. The molecule has 0 aliphatic heterocycles. The standard InChI is InChI=1S/C13H12BrN3O2/c1-8-5-6-11(12(15)17-18)13(16-8)19-10-4-2-3-9(14)7-10/h2-7,18H,1H3,(H2,15,17). The zero-order valence-corrected chi connectivity index (χ0v) is 11.8. The van der Waals surface area contributed by atoms with E-state index in [9.17, 15) is 0 Å². The van der Waals surface area contributed by atoms with Crippen LogP contribution in [0.5, 0.6) is 11.6 Å². The summed E-state index contributed by atoms with van der Waals surface area (Å²) in [6, 6.07) is 10.8. The number of aryl methyl sites for hydroxylation is 1. The second-order valence-corrected chi connectivity index (χ2v) is 4.77. The van der Waals surface area contributed by atoms with E-state index in [0.29, 0.717) is 17.2 Å². The molecule has 2 aromatic rings. The molecule has 19 heavy (non-hydrogen) atoms. The van der Waals surface area contributed by atoms with Gasteiger partial charge in [0.2, 0.25) is 5.88 Å². The van der Waals surface area contributed by atoms with Crippen molar-refractivity contribution in [1.29, 1.82) is 0 Å². The van der Waals surface area contributed by atoms with Gasteiger partial charge in [-0.15, -0.1) is 0 Å². The summed E-state index contributed by atoms with van der Waals surface area (Å²) < 4.78 is 6.57. The Hall–Kier alpha value is -2.08. The molecule has 0 saturated heterocycles. The van der Waals surface area contributed by atoms with Crippen molar-refractivity contribution in [3.63, 3.8) is 0 Å². The lowest BCUT2D eigenvalue weighted by atomic mass is 10.2. The molecule has 1 aromatic heterocycles. The quantitative estimate of drug-likeness (QED) is 0.394. The summed E-state index contributed by atoms with van der Waals surface area (Å²) in [4.78, 5) is 4.26. The Kier molecular flexibility index (Phi) is 4.01. The molecule has 3 N–H and O–H groups in total. The van der Waals surface area contributed by atoms with Crippen molar-refractivity contribution in [3.8, 4) is 11.6 Å². The summed E-state index contributed by atoms with van der Waals surface area (Å²) in [5.74, 6) is 0.866. The van der Waals surface area contributed by atoms with Crippen molar-refractivity contribution in [1.82, 2.24) is 4.98 Å². The number of hydrogen-bond donors (Lipinski definition) is 2. The number of nitrogens with two attached hydrogens (primary N) is 1. The molecule has 0 bridgehead atoms. The third-order valence-corrected chi connectivity index (χ3v) is 2.89. The van der Waals surface area contributed by atoms with Gasteiger partial charge in [0.25, 0.3) is 0 Å². The summed E-state index contributed by atoms with van der Waals surface area (Å²) in [6.07, 6.45) is 0. The van der Waals surface area contributed by atoms with Crippen LogP contribution in [0.15, 0.2) is 46.0 Å². The number of ether oxygens (including phenoxy) is 1. The maximum Gasteiger partial charge on any atom is 0.230 e. The van der Waals surface area contributed by atoms with E-state index < -0.39 is 0 Å². The van der Waals surface area contributed by atoms with E-state index in [1.54, 1.807) is 24.3 Å². The highest BCUT2D eigenvalue weighted by Gasteiger charge is 2.11. The Morgan fingerprint density at radius 2 is 2.16 bits per heavy atom. The lowest BCUT2D eigenvalue weighted by molar-refractivity contribution is 0.318. The maximum absolute atomic E-state index is 8.76. The van der Waals surface area contributed by atoms with E-state index in [-0.39, 0.29) is 5.84 Å². The third kappa shape index (κ3) is 3.23. The smallest absolute Gasteiger partial charge is 0.230 e. The predicted molar refractivity (Wildman–Crippen MR) is 75.7 cm³/mol. The minimum Gasteiger partial charge on any atom is -0.438 e. The Bertz CT molecular complexity index is 629. The molecule has 0 fully saturated rings. The lowest BCUT2D eigenvalue weighted by Crippen LogP contribution is -2.15. The summed E-state index contributed by atoms with van der Waals surface area (Å²) in [7, 11) is 0. The van der Waals surface area contributed by atoms with Crippen LogP contribution in [-0.4, -0.2) is 16.0 Å². The molecule has 6 heteroatoms. The van der Waals surface area contributed by atoms with Gasteiger partial charge in [0.05, 0.1) is 5.56 Å². The van der Waals surface area contributed by atoms with Gasteiger partial charge in [0, 0.05) is 10.2 Å². The average molecular weight is 322 g/mol. The average Bonchev–Trinajstić information content (AvgIpc) is 2.38. The lowest BCUT2D eigenvalue weighted by Gasteiger charge is -2.10. The number of nitrogens with zero attached hydrogens (tertiary/aromatic N) is 2. The molecule has 1 heterocycles. The Morgan fingerprint density at radius 3 is 2.84 bits per heavy atom. The van der Waals surface area contributed by atoms with E-state index in [4.69, 9.17) is 15.7 Å². The summed E-state index contributed by atoms with van der Waals surface area (Å²) >= 11 is 3.36. The fourth-order valence-corrected chi connectivity index (χ4v) is 1.88. The number of oxime groups is 1. The highest BCUT2D eigenvalue weighted by atomic mass is 79.9. The van der Waals surface area contributed by atoms with Gasteiger partial charge < -0.3 is 15.7 Å². The number of hydrogen-bond acceptors (Lipinski definition) is 4. The topological polar surface area (TPSA) is 80.7 Å². The summed E-state index contributed by atoms with van der Waals surface area (Å²) in [5, 5.41) is 11.7. The first-order valence-corrected chi connectivity index (χ1v) is 6.28. The molecule has 0 amide bonds. The Morgan fingerprint density at radius 1 is 1.37 bits per heavy atom. The van der Waals surface area contributed by atoms with Crippen LogP contribution in [0.1, 0.15) is 11.3 Å². The fourth-order valence-electron chi connectivity index (χ4n) is 1.50. The zero-order chi connectivity index (χ0) is 13.8. The summed E-state index contributed by atoms with van der Waals surface area (Å²) in [5.41, 5.74) is 6.81. The van der Waals surface area contributed by atoms with Gasteiger partial charge in [-0.3, -0.25) is 0 Å². The first kappa shape index (κ1) is 13.4. The minimum absolute atomic E-state index is 0.0440. The highest BCUT2D eigenvalue weighted by Crippen LogP contribution is 2.25. The predicted octanol–water partition coefficient (Wildman–Crippen LogP) is 3.04. The second-order valence-electron chi connectivity index (χ2n) is 3.85. The Labute approximate surface area is 118 Å². The van der Waals surface area contributed by atoms with Crippen LogP contribution < -0.4 is 10.5 Å². The number of halogens is 1. The molecule has 5 nitrogen and oxygen atoms in total. The monoisotopic (exact) mass is 321 g/mol. The van der Waals surface area contributed by atoms with Crippen LogP contribution in [0.3, 0.4) is 0 Å². The van der Waals surface area contributed by atoms with Gasteiger partial charge in [0.1, 0.15) is 5.75 Å². The Balaban J connectivity index is 2.41. The second kappa shape index (κ2) is 5.71. The van der Waals surface area contributed by atoms with Gasteiger partial charge in [-0.25, -0.2) is 4.98 Å². The van der Waals surface area contributed by atoms with Gasteiger partial charge in [-0.2, -0.15) is 0 Å². The third-order valence-electron chi connectivity index (χ3n) is 2.39. The van der Waals surface area contributed by atoms with Crippen LogP contribution in [-0.2, 0) is 0 Å². The van der Waals surface area contributed by atoms with Gasteiger partial charge in [0.15, 0.2) is 5.84 Å². The van der Waals surface area contributed by atoms with Crippen molar-refractivity contribution in [2.75, 3.05) is 0 Å². The molecule has 0 saturated carbocycles. The van der Waals surface area contributed by atoms with Gasteiger partial charge in [-0.05, 0) is 37.3 Å². The van der Waals surface area contributed by atoms with Crippen LogP contribution in [0.2, 0.25) is 0 Å². The molecular formula is C13H12BrN3O2. The SMILES string of the molecule is Cc1ccc(C(N)=NO)c(Oc2cccc(Br)c2)n1. The number of aromatic nitrogens is 1.